The minimum absolute atomic E-state index is 0.0993. The summed E-state index contributed by atoms with van der Waals surface area (Å²) >= 11 is 0. The normalized spacial score (nSPS) is 17.5. The van der Waals surface area contributed by atoms with Crippen molar-refractivity contribution in [2.24, 2.45) is 0 Å². The average molecular weight is 259 g/mol. The van der Waals surface area contributed by atoms with Gasteiger partial charge in [0, 0.05) is 25.7 Å². The van der Waals surface area contributed by atoms with Gasteiger partial charge in [-0.25, -0.2) is 0 Å². The van der Waals surface area contributed by atoms with Crippen molar-refractivity contribution in [3.8, 4) is 6.07 Å². The molecule has 0 aromatic heterocycles. The summed E-state index contributed by atoms with van der Waals surface area (Å²) in [6.45, 7) is 4.35. The summed E-state index contributed by atoms with van der Waals surface area (Å²) in [5.74, 6) is -0.0993. The number of carbonyl (C=O) groups excluding carboxylic acids is 1. The first-order valence-electron chi connectivity index (χ1n) is 6.29. The lowest BCUT2D eigenvalue weighted by Crippen LogP contribution is -2.38. The van der Waals surface area contributed by atoms with Gasteiger partial charge in [0.2, 0.25) is 5.91 Å². The molecule has 100 valence electrons. The second-order valence-electron chi connectivity index (χ2n) is 4.48. The van der Waals surface area contributed by atoms with E-state index in [0.717, 1.165) is 24.3 Å². The van der Waals surface area contributed by atoms with Crippen LogP contribution in [0.2, 0.25) is 0 Å². The van der Waals surface area contributed by atoms with Gasteiger partial charge < -0.3 is 10.1 Å². The molecule has 1 aromatic carbocycles. The molecule has 1 aliphatic rings. The van der Waals surface area contributed by atoms with Crippen molar-refractivity contribution in [1.29, 1.82) is 5.26 Å². The second-order valence-corrected chi connectivity index (χ2v) is 4.48. The lowest BCUT2D eigenvalue weighted by atomic mass is 10.1. The maximum Gasteiger partial charge on any atom is 0.221 e. The molecule has 0 bridgehead atoms. The first-order chi connectivity index (χ1) is 9.20. The third-order valence-corrected chi connectivity index (χ3v) is 3.08. The highest BCUT2D eigenvalue weighted by Gasteiger charge is 2.22. The number of ether oxygens (including phenoxy) is 1. The Morgan fingerprint density at radius 1 is 1.37 bits per heavy atom. The fourth-order valence-corrected chi connectivity index (χ4v) is 2.15. The molecule has 19 heavy (non-hydrogen) atoms. The number of hydrogen-bond acceptors (Lipinski definition) is 4. The van der Waals surface area contributed by atoms with Crippen LogP contribution < -0.4 is 5.32 Å². The third kappa shape index (κ3) is 3.53. The van der Waals surface area contributed by atoms with E-state index in [1.54, 1.807) is 0 Å². The molecule has 1 heterocycles. The maximum atomic E-state index is 10.9. The summed E-state index contributed by atoms with van der Waals surface area (Å²) < 4.78 is 5.29. The highest BCUT2D eigenvalue weighted by molar-refractivity contribution is 5.88. The van der Waals surface area contributed by atoms with Crippen molar-refractivity contribution in [3.05, 3.63) is 29.8 Å². The van der Waals surface area contributed by atoms with Gasteiger partial charge in [0.15, 0.2) is 0 Å². The summed E-state index contributed by atoms with van der Waals surface area (Å²) in [6, 6.07) is 9.49. The minimum atomic E-state index is -0.254. The smallest absolute Gasteiger partial charge is 0.221 e. The highest BCUT2D eigenvalue weighted by atomic mass is 16.5. The lowest BCUT2D eigenvalue weighted by molar-refractivity contribution is -0.114. The molecule has 5 nitrogen and oxygen atoms in total. The van der Waals surface area contributed by atoms with Crippen LogP contribution >= 0.6 is 0 Å². The Morgan fingerprint density at radius 3 is 2.53 bits per heavy atom. The lowest BCUT2D eigenvalue weighted by Gasteiger charge is -2.30. The van der Waals surface area contributed by atoms with Crippen molar-refractivity contribution in [2.45, 2.75) is 13.0 Å². The molecule has 0 radical (unpaired) electrons. The fourth-order valence-electron chi connectivity index (χ4n) is 2.15. The van der Waals surface area contributed by atoms with Crippen molar-refractivity contribution in [2.75, 3.05) is 31.6 Å². The zero-order chi connectivity index (χ0) is 13.7. The zero-order valence-corrected chi connectivity index (χ0v) is 10.9. The predicted octanol–water partition coefficient (Wildman–Crippen LogP) is 1.54. The van der Waals surface area contributed by atoms with Gasteiger partial charge in [-0.2, -0.15) is 5.26 Å². The maximum absolute atomic E-state index is 10.9. The highest BCUT2D eigenvalue weighted by Crippen LogP contribution is 2.22. The molecule has 1 aromatic rings. The topological polar surface area (TPSA) is 65.4 Å². The molecule has 2 rings (SSSR count). The summed E-state index contributed by atoms with van der Waals surface area (Å²) in [6.07, 6.45) is 0. The quantitative estimate of drug-likeness (QED) is 0.894. The Bertz CT molecular complexity index is 472. The number of anilines is 1. The van der Waals surface area contributed by atoms with Crippen LogP contribution in [0.5, 0.6) is 0 Å². The van der Waals surface area contributed by atoms with Gasteiger partial charge in [-0.3, -0.25) is 9.69 Å². The molecule has 0 saturated carbocycles. The van der Waals surface area contributed by atoms with E-state index in [2.05, 4.69) is 16.3 Å². The van der Waals surface area contributed by atoms with Gasteiger partial charge in [-0.15, -0.1) is 0 Å². The van der Waals surface area contributed by atoms with Crippen LogP contribution in [0.15, 0.2) is 24.3 Å². The van der Waals surface area contributed by atoms with Crippen molar-refractivity contribution < 1.29 is 9.53 Å². The van der Waals surface area contributed by atoms with Crippen LogP contribution in [0.3, 0.4) is 0 Å². The van der Waals surface area contributed by atoms with E-state index in [0.29, 0.717) is 13.2 Å². The van der Waals surface area contributed by atoms with E-state index in [-0.39, 0.29) is 11.9 Å². The standard InChI is InChI=1S/C14H17N3O2/c1-11(18)16-13-4-2-12(3-5-13)14(10-15)17-6-8-19-9-7-17/h2-5,14H,6-9H2,1H3,(H,16,18). The number of amides is 1. The number of rotatable bonds is 3. The second kappa shape index (κ2) is 6.32. The molecular formula is C14H17N3O2. The molecule has 5 heteroatoms. The van der Waals surface area contributed by atoms with Gasteiger partial charge in [0.1, 0.15) is 6.04 Å². The summed E-state index contributed by atoms with van der Waals surface area (Å²) in [7, 11) is 0. The average Bonchev–Trinajstić information content (AvgIpc) is 2.42. The third-order valence-electron chi connectivity index (χ3n) is 3.08. The Hall–Kier alpha value is -1.90. The predicted molar refractivity (Wildman–Crippen MR) is 71.5 cm³/mol. The van der Waals surface area contributed by atoms with Crippen LogP contribution in [0.1, 0.15) is 18.5 Å². The first kappa shape index (κ1) is 13.5. The molecular weight excluding hydrogens is 242 g/mol. The SMILES string of the molecule is CC(=O)Nc1ccc(C(C#N)N2CCOCC2)cc1. The van der Waals surface area contributed by atoms with Gasteiger partial charge in [-0.1, -0.05) is 12.1 Å². The van der Waals surface area contributed by atoms with Crippen LogP contribution in [-0.2, 0) is 9.53 Å². The monoisotopic (exact) mass is 259 g/mol. The van der Waals surface area contributed by atoms with Gasteiger partial charge >= 0.3 is 0 Å². The van der Waals surface area contributed by atoms with E-state index < -0.39 is 0 Å². The van der Waals surface area contributed by atoms with Crippen LogP contribution in [0.4, 0.5) is 5.69 Å². The zero-order valence-electron chi connectivity index (χ0n) is 10.9. The number of morpholine rings is 1. The fraction of sp³-hybridized carbons (Fsp3) is 0.429. The molecule has 1 N–H and O–H groups in total. The number of benzene rings is 1. The molecule has 0 spiro atoms. The van der Waals surface area contributed by atoms with Crippen LogP contribution in [0.25, 0.3) is 0 Å². The minimum Gasteiger partial charge on any atom is -0.379 e. The van der Waals surface area contributed by atoms with Gasteiger partial charge in [0.25, 0.3) is 0 Å². The first-order valence-corrected chi connectivity index (χ1v) is 6.29. The van der Waals surface area contributed by atoms with E-state index in [1.807, 2.05) is 24.3 Å². The molecule has 1 atom stereocenters. The number of carbonyl (C=O) groups is 1. The van der Waals surface area contributed by atoms with E-state index in [9.17, 15) is 10.1 Å². The Balaban J connectivity index is 2.10. The molecule has 1 fully saturated rings. The van der Waals surface area contributed by atoms with Crippen molar-refractivity contribution >= 4 is 11.6 Å². The largest absolute Gasteiger partial charge is 0.379 e. The van der Waals surface area contributed by atoms with Gasteiger partial charge in [-0.05, 0) is 17.7 Å². The summed E-state index contributed by atoms with van der Waals surface area (Å²) in [5, 5.41) is 12.1. The van der Waals surface area contributed by atoms with E-state index in [4.69, 9.17) is 4.74 Å². The van der Waals surface area contributed by atoms with Crippen molar-refractivity contribution in [3.63, 3.8) is 0 Å². The van der Waals surface area contributed by atoms with Crippen LogP contribution in [-0.4, -0.2) is 37.1 Å². The molecule has 1 aliphatic heterocycles. The molecule has 1 amide bonds. The number of nitrogens with one attached hydrogen (secondary N) is 1. The summed E-state index contributed by atoms with van der Waals surface area (Å²) in [5.41, 5.74) is 1.69. The van der Waals surface area contributed by atoms with E-state index >= 15 is 0 Å². The Labute approximate surface area is 112 Å². The van der Waals surface area contributed by atoms with Gasteiger partial charge in [0.05, 0.1) is 19.3 Å². The number of hydrogen-bond donors (Lipinski definition) is 1. The number of nitrogens with zero attached hydrogens (tertiary/aromatic N) is 2. The molecule has 1 unspecified atom stereocenters. The number of nitriles is 1. The summed E-state index contributed by atoms with van der Waals surface area (Å²) in [4.78, 5) is 13.1. The van der Waals surface area contributed by atoms with Crippen LogP contribution in [0, 0.1) is 11.3 Å². The van der Waals surface area contributed by atoms with Crippen molar-refractivity contribution in [1.82, 2.24) is 4.90 Å². The molecule has 0 aliphatic carbocycles. The molecule has 1 saturated heterocycles. The van der Waals surface area contributed by atoms with E-state index in [1.165, 1.54) is 6.92 Å². The Morgan fingerprint density at radius 2 is 2.00 bits per heavy atom. The Kier molecular flexibility index (Phi) is 4.50.